The molecule has 0 spiro atoms. The highest BCUT2D eigenvalue weighted by atomic mass is 19.1. The Balaban J connectivity index is 1.63. The van der Waals surface area contributed by atoms with E-state index >= 15 is 0 Å². The number of halogens is 1. The summed E-state index contributed by atoms with van der Waals surface area (Å²) in [6, 6.07) is 26.1. The van der Waals surface area contributed by atoms with Crippen molar-refractivity contribution in [1.29, 1.82) is 0 Å². The Kier molecular flexibility index (Phi) is 4.66. The van der Waals surface area contributed by atoms with Gasteiger partial charge in [0.1, 0.15) is 17.3 Å². The number of hydrogen-bond donors (Lipinski definition) is 0. The molecule has 3 heterocycles. The second-order valence-electron chi connectivity index (χ2n) is 8.78. The van der Waals surface area contributed by atoms with Crippen LogP contribution in [-0.2, 0) is 13.6 Å². The van der Waals surface area contributed by atoms with Crippen LogP contribution in [-0.4, -0.2) is 15.4 Å². The zero-order chi connectivity index (χ0) is 23.4. The van der Waals surface area contributed by atoms with Gasteiger partial charge in [-0.05, 0) is 66.6 Å². The topological polar surface area (TPSA) is 38.4 Å². The number of furan rings is 1. The number of aryl methyl sites for hydroxylation is 2. The Morgan fingerprint density at radius 2 is 1.65 bits per heavy atom. The van der Waals surface area contributed by atoms with Gasteiger partial charge < -0.3 is 13.9 Å². The van der Waals surface area contributed by atoms with Crippen molar-refractivity contribution in [3.63, 3.8) is 0 Å². The molecule has 1 atom stereocenters. The Hall–Kier alpha value is -4.12. The number of carbonyl (C=O) groups excluding carboxylic acids is 1. The monoisotopic (exact) mass is 450 g/mol. The van der Waals surface area contributed by atoms with E-state index in [1.807, 2.05) is 67.4 Å². The van der Waals surface area contributed by atoms with Gasteiger partial charge in [-0.1, -0.05) is 36.4 Å². The van der Waals surface area contributed by atoms with Crippen LogP contribution in [0.25, 0.3) is 22.2 Å². The van der Waals surface area contributed by atoms with Crippen molar-refractivity contribution in [1.82, 2.24) is 9.47 Å². The molecule has 0 aliphatic carbocycles. The molecule has 1 aliphatic rings. The summed E-state index contributed by atoms with van der Waals surface area (Å²) in [7, 11) is 2.02. The highest BCUT2D eigenvalue weighted by Crippen LogP contribution is 2.47. The van der Waals surface area contributed by atoms with Crippen LogP contribution in [0.5, 0.6) is 0 Å². The van der Waals surface area contributed by atoms with E-state index < -0.39 is 0 Å². The van der Waals surface area contributed by atoms with Gasteiger partial charge in [-0.25, -0.2) is 4.39 Å². The third-order valence-electron chi connectivity index (χ3n) is 6.72. The normalized spacial score (nSPS) is 15.3. The number of benzene rings is 3. The second-order valence-corrected chi connectivity index (χ2v) is 8.78. The zero-order valence-electron chi connectivity index (χ0n) is 19.0. The van der Waals surface area contributed by atoms with Gasteiger partial charge in [-0.2, -0.15) is 0 Å². The van der Waals surface area contributed by atoms with Gasteiger partial charge in [0.2, 0.25) is 0 Å². The Bertz CT molecular complexity index is 1540. The molecule has 34 heavy (non-hydrogen) atoms. The van der Waals surface area contributed by atoms with Gasteiger partial charge in [0.05, 0.1) is 18.3 Å². The maximum absolute atomic E-state index is 13.8. The summed E-state index contributed by atoms with van der Waals surface area (Å²) in [5, 5.41) is 1.07. The van der Waals surface area contributed by atoms with Gasteiger partial charge >= 0.3 is 0 Å². The van der Waals surface area contributed by atoms with Crippen LogP contribution in [0, 0.1) is 12.7 Å². The molecule has 0 fully saturated rings. The van der Waals surface area contributed by atoms with Crippen molar-refractivity contribution in [2.75, 3.05) is 0 Å². The Morgan fingerprint density at radius 1 is 0.912 bits per heavy atom. The average molecular weight is 451 g/mol. The van der Waals surface area contributed by atoms with Crippen LogP contribution in [0.2, 0.25) is 0 Å². The fourth-order valence-corrected chi connectivity index (χ4v) is 5.24. The summed E-state index contributed by atoms with van der Waals surface area (Å²) in [6.07, 6.45) is 0. The minimum absolute atomic E-state index is 0.0207. The van der Waals surface area contributed by atoms with Crippen molar-refractivity contribution in [2.45, 2.75) is 19.5 Å². The molecule has 5 aromatic rings. The fourth-order valence-electron chi connectivity index (χ4n) is 5.24. The molecule has 4 nitrogen and oxygen atoms in total. The molecule has 0 saturated heterocycles. The van der Waals surface area contributed by atoms with E-state index in [9.17, 15) is 9.18 Å². The first kappa shape index (κ1) is 20.5. The molecular formula is C29H23FN2O2. The number of amides is 1. The lowest BCUT2D eigenvalue weighted by Gasteiger charge is -2.26. The van der Waals surface area contributed by atoms with Crippen molar-refractivity contribution < 1.29 is 13.6 Å². The molecule has 0 bridgehead atoms. The van der Waals surface area contributed by atoms with Crippen LogP contribution >= 0.6 is 0 Å². The number of rotatable bonds is 4. The second kappa shape index (κ2) is 7.73. The first-order chi connectivity index (χ1) is 16.5. The number of nitrogens with zero attached hydrogens (tertiary/aromatic N) is 2. The van der Waals surface area contributed by atoms with E-state index in [2.05, 4.69) is 16.7 Å². The summed E-state index contributed by atoms with van der Waals surface area (Å²) < 4.78 is 21.8. The van der Waals surface area contributed by atoms with Crippen LogP contribution in [0.15, 0.2) is 89.3 Å². The van der Waals surface area contributed by atoms with Gasteiger partial charge in [0.15, 0.2) is 0 Å². The molecule has 1 aliphatic heterocycles. The minimum atomic E-state index is -0.305. The predicted octanol–water partition coefficient (Wildman–Crippen LogP) is 6.63. The molecule has 6 rings (SSSR count). The lowest BCUT2D eigenvalue weighted by atomic mass is 9.93. The van der Waals surface area contributed by atoms with Crippen molar-refractivity contribution >= 4 is 16.8 Å². The lowest BCUT2D eigenvalue weighted by molar-refractivity contribution is 0.0723. The number of para-hydroxylation sites is 1. The van der Waals surface area contributed by atoms with Gasteiger partial charge in [-0.15, -0.1) is 0 Å². The molecule has 5 heteroatoms. The molecule has 0 N–H and O–H groups in total. The summed E-state index contributed by atoms with van der Waals surface area (Å²) >= 11 is 0. The lowest BCUT2D eigenvalue weighted by Crippen LogP contribution is -2.28. The van der Waals surface area contributed by atoms with Gasteiger partial charge in [-0.3, -0.25) is 4.79 Å². The first-order valence-corrected chi connectivity index (χ1v) is 11.3. The number of carbonyl (C=O) groups is 1. The molecule has 2 aromatic heterocycles. The quantitative estimate of drug-likeness (QED) is 0.308. The van der Waals surface area contributed by atoms with Crippen LogP contribution in [0.4, 0.5) is 4.39 Å². The van der Waals surface area contributed by atoms with E-state index in [1.54, 1.807) is 12.1 Å². The molecule has 0 radical (unpaired) electrons. The molecule has 0 saturated carbocycles. The van der Waals surface area contributed by atoms with Crippen molar-refractivity contribution in [3.05, 3.63) is 119 Å². The van der Waals surface area contributed by atoms with E-state index in [-0.39, 0.29) is 17.8 Å². The standard InChI is InChI=1S/C29H23FN2O2/c1-18-11-16-21(34-18)17-32-28(22-7-3-4-8-23(22)29(32)33)26-24-9-5-6-10-25(24)31(2)27(26)19-12-14-20(30)15-13-19/h3-16,28H,17H2,1-2H3/t28-/m1/s1. The van der Waals surface area contributed by atoms with Crippen LogP contribution in [0.1, 0.15) is 39.0 Å². The highest BCUT2D eigenvalue weighted by Gasteiger charge is 2.41. The number of aromatic nitrogens is 1. The van der Waals surface area contributed by atoms with Gasteiger partial charge in [0, 0.05) is 29.1 Å². The van der Waals surface area contributed by atoms with Crippen LogP contribution in [0.3, 0.4) is 0 Å². The Morgan fingerprint density at radius 3 is 2.41 bits per heavy atom. The van der Waals surface area contributed by atoms with E-state index in [0.717, 1.165) is 44.8 Å². The SMILES string of the molecule is Cc1ccc(CN2C(=O)c3ccccc3[C@@H]2c2c(-c3ccc(F)cc3)n(C)c3ccccc23)o1. The molecular weight excluding hydrogens is 427 g/mol. The van der Waals surface area contributed by atoms with Gasteiger partial charge in [0.25, 0.3) is 5.91 Å². The van der Waals surface area contributed by atoms with E-state index in [0.29, 0.717) is 12.1 Å². The zero-order valence-corrected chi connectivity index (χ0v) is 19.0. The predicted molar refractivity (Wildman–Crippen MR) is 130 cm³/mol. The summed E-state index contributed by atoms with van der Waals surface area (Å²) in [4.78, 5) is 15.5. The van der Waals surface area contributed by atoms with Crippen molar-refractivity contribution in [3.8, 4) is 11.3 Å². The highest BCUT2D eigenvalue weighted by molar-refractivity contribution is 6.02. The third-order valence-corrected chi connectivity index (χ3v) is 6.72. The smallest absolute Gasteiger partial charge is 0.255 e. The minimum Gasteiger partial charge on any atom is -0.464 e. The maximum atomic E-state index is 13.8. The molecule has 3 aromatic carbocycles. The Labute approximate surface area is 196 Å². The largest absolute Gasteiger partial charge is 0.464 e. The molecule has 0 unspecified atom stereocenters. The van der Waals surface area contributed by atoms with Crippen molar-refractivity contribution in [2.24, 2.45) is 7.05 Å². The maximum Gasteiger partial charge on any atom is 0.255 e. The van der Waals surface area contributed by atoms with E-state index in [4.69, 9.17) is 4.42 Å². The summed E-state index contributed by atoms with van der Waals surface area (Å²) in [5.74, 6) is 1.26. The molecule has 168 valence electrons. The third kappa shape index (κ3) is 3.08. The molecule has 1 amide bonds. The summed E-state index contributed by atoms with van der Waals surface area (Å²) in [5.41, 5.74) is 5.63. The average Bonchev–Trinajstić information content (AvgIpc) is 3.48. The number of hydrogen-bond acceptors (Lipinski definition) is 2. The first-order valence-electron chi connectivity index (χ1n) is 11.3. The van der Waals surface area contributed by atoms with E-state index in [1.165, 1.54) is 12.1 Å². The number of fused-ring (bicyclic) bond motifs is 2. The van der Waals surface area contributed by atoms with Crippen LogP contribution < -0.4 is 0 Å². The summed E-state index contributed by atoms with van der Waals surface area (Å²) in [6.45, 7) is 2.26. The fraction of sp³-hybridized carbons (Fsp3) is 0.138.